The molecule has 2 N–H and O–H groups in total. The molecule has 1 aromatic carbocycles. The standard InChI is InChI=1S/C10H12N2O4/c1-6-4-3-5-8(9(6)12(14)15)16-7(2)10(11)13/h3-5,7H,1-2H3,(H2,11,13). The van der Waals surface area contributed by atoms with Crippen molar-refractivity contribution in [2.24, 2.45) is 5.73 Å². The van der Waals surface area contributed by atoms with Gasteiger partial charge in [0.25, 0.3) is 5.91 Å². The SMILES string of the molecule is Cc1cccc(OC(C)C(N)=O)c1[N+](=O)[O-]. The molecule has 0 bridgehead atoms. The van der Waals surface area contributed by atoms with Crippen LogP contribution in [0.3, 0.4) is 0 Å². The second kappa shape index (κ2) is 4.61. The Morgan fingerprint density at radius 2 is 2.19 bits per heavy atom. The van der Waals surface area contributed by atoms with E-state index in [0.717, 1.165) is 0 Å². The molecule has 0 spiro atoms. The predicted octanol–water partition coefficient (Wildman–Crippen LogP) is 1.16. The van der Waals surface area contributed by atoms with Crippen LogP contribution in [-0.2, 0) is 4.79 Å². The summed E-state index contributed by atoms with van der Waals surface area (Å²) >= 11 is 0. The smallest absolute Gasteiger partial charge is 0.313 e. The Morgan fingerprint density at radius 3 is 2.69 bits per heavy atom. The number of rotatable bonds is 4. The van der Waals surface area contributed by atoms with Crippen molar-refractivity contribution in [1.29, 1.82) is 0 Å². The van der Waals surface area contributed by atoms with E-state index in [0.29, 0.717) is 5.56 Å². The third-order valence-electron chi connectivity index (χ3n) is 2.09. The molecule has 1 rings (SSSR count). The molecule has 0 aliphatic heterocycles. The number of nitro groups is 1. The number of hydrogen-bond donors (Lipinski definition) is 1. The summed E-state index contributed by atoms with van der Waals surface area (Å²) < 4.78 is 5.13. The van der Waals surface area contributed by atoms with Gasteiger partial charge < -0.3 is 10.5 Å². The Bertz CT molecular complexity index is 431. The molecule has 86 valence electrons. The van der Waals surface area contributed by atoms with E-state index in [4.69, 9.17) is 10.5 Å². The fourth-order valence-corrected chi connectivity index (χ4v) is 1.21. The van der Waals surface area contributed by atoms with Crippen LogP contribution in [0.1, 0.15) is 12.5 Å². The molecule has 0 aliphatic carbocycles. The lowest BCUT2D eigenvalue weighted by molar-refractivity contribution is -0.386. The van der Waals surface area contributed by atoms with Crippen LogP contribution < -0.4 is 10.5 Å². The first-order chi connectivity index (χ1) is 7.43. The first kappa shape index (κ1) is 12.0. The van der Waals surface area contributed by atoms with Gasteiger partial charge in [0.05, 0.1) is 4.92 Å². The quantitative estimate of drug-likeness (QED) is 0.613. The van der Waals surface area contributed by atoms with E-state index in [1.165, 1.54) is 13.0 Å². The number of nitrogens with zero attached hydrogens (tertiary/aromatic N) is 1. The number of ether oxygens (including phenoxy) is 1. The highest BCUT2D eigenvalue weighted by Crippen LogP contribution is 2.30. The maximum absolute atomic E-state index is 10.8. The van der Waals surface area contributed by atoms with E-state index in [-0.39, 0.29) is 11.4 Å². The molecular formula is C10H12N2O4. The molecule has 1 unspecified atom stereocenters. The Balaban J connectivity index is 3.09. The lowest BCUT2D eigenvalue weighted by Crippen LogP contribution is -2.30. The number of nitro benzene ring substituents is 1. The van der Waals surface area contributed by atoms with Gasteiger partial charge in [0, 0.05) is 5.56 Å². The number of para-hydroxylation sites is 1. The van der Waals surface area contributed by atoms with E-state index in [2.05, 4.69) is 0 Å². The minimum atomic E-state index is -0.902. The van der Waals surface area contributed by atoms with E-state index < -0.39 is 16.9 Å². The van der Waals surface area contributed by atoms with Crippen LogP contribution in [0.4, 0.5) is 5.69 Å². The van der Waals surface area contributed by atoms with Gasteiger partial charge in [-0.15, -0.1) is 0 Å². The fourth-order valence-electron chi connectivity index (χ4n) is 1.21. The summed E-state index contributed by atoms with van der Waals surface area (Å²) in [7, 11) is 0. The maximum atomic E-state index is 10.8. The van der Waals surface area contributed by atoms with E-state index >= 15 is 0 Å². The summed E-state index contributed by atoms with van der Waals surface area (Å²) in [4.78, 5) is 21.1. The molecule has 0 heterocycles. The average Bonchev–Trinajstić information content (AvgIpc) is 2.16. The third kappa shape index (κ3) is 2.47. The molecule has 1 aromatic rings. The summed E-state index contributed by atoms with van der Waals surface area (Å²) in [5.74, 6) is -0.618. The second-order valence-electron chi connectivity index (χ2n) is 3.34. The number of carbonyl (C=O) groups is 1. The monoisotopic (exact) mass is 224 g/mol. The first-order valence-corrected chi connectivity index (χ1v) is 4.63. The van der Waals surface area contributed by atoms with Gasteiger partial charge in [-0.25, -0.2) is 0 Å². The number of carbonyl (C=O) groups excluding carboxylic acids is 1. The topological polar surface area (TPSA) is 95.5 Å². The normalized spacial score (nSPS) is 11.9. The van der Waals surface area contributed by atoms with Crippen molar-refractivity contribution in [2.75, 3.05) is 0 Å². The highest BCUT2D eigenvalue weighted by molar-refractivity contribution is 5.78. The second-order valence-corrected chi connectivity index (χ2v) is 3.34. The molecule has 6 heteroatoms. The molecule has 1 atom stereocenters. The summed E-state index contributed by atoms with van der Waals surface area (Å²) in [6.07, 6.45) is -0.902. The van der Waals surface area contributed by atoms with Crippen molar-refractivity contribution < 1.29 is 14.5 Å². The van der Waals surface area contributed by atoms with Crippen LogP contribution in [0.25, 0.3) is 0 Å². The van der Waals surface area contributed by atoms with Crippen LogP contribution in [0.2, 0.25) is 0 Å². The molecule has 6 nitrogen and oxygen atoms in total. The van der Waals surface area contributed by atoms with Gasteiger partial charge in [0.2, 0.25) is 0 Å². The highest BCUT2D eigenvalue weighted by Gasteiger charge is 2.21. The lowest BCUT2D eigenvalue weighted by Gasteiger charge is -2.11. The zero-order valence-corrected chi connectivity index (χ0v) is 8.97. The van der Waals surface area contributed by atoms with E-state index in [1.54, 1.807) is 19.1 Å². The first-order valence-electron chi connectivity index (χ1n) is 4.63. The predicted molar refractivity (Wildman–Crippen MR) is 57.1 cm³/mol. The van der Waals surface area contributed by atoms with Crippen LogP contribution >= 0.6 is 0 Å². The molecule has 0 saturated heterocycles. The van der Waals surface area contributed by atoms with Crippen LogP contribution in [0.15, 0.2) is 18.2 Å². The van der Waals surface area contributed by atoms with Crippen molar-refractivity contribution in [2.45, 2.75) is 20.0 Å². The summed E-state index contributed by atoms with van der Waals surface area (Å²) in [6.45, 7) is 3.04. The molecule has 1 amide bonds. The third-order valence-corrected chi connectivity index (χ3v) is 2.09. The molecule has 0 fully saturated rings. The number of hydrogen-bond acceptors (Lipinski definition) is 4. The number of aryl methyl sites for hydroxylation is 1. The minimum absolute atomic E-state index is 0.0521. The average molecular weight is 224 g/mol. The summed E-state index contributed by atoms with van der Waals surface area (Å²) in [5.41, 5.74) is 5.34. The molecular weight excluding hydrogens is 212 g/mol. The van der Waals surface area contributed by atoms with Crippen molar-refractivity contribution in [3.8, 4) is 5.75 Å². The Hall–Kier alpha value is -2.11. The van der Waals surface area contributed by atoms with Gasteiger partial charge in [-0.3, -0.25) is 14.9 Å². The van der Waals surface area contributed by atoms with E-state index in [9.17, 15) is 14.9 Å². The molecule has 0 aromatic heterocycles. The van der Waals surface area contributed by atoms with E-state index in [1.807, 2.05) is 0 Å². The van der Waals surface area contributed by atoms with Gasteiger partial charge in [0.15, 0.2) is 11.9 Å². The zero-order chi connectivity index (χ0) is 12.3. The number of primary amides is 1. The molecule has 0 aliphatic rings. The van der Waals surface area contributed by atoms with Gasteiger partial charge in [-0.05, 0) is 19.9 Å². The molecule has 16 heavy (non-hydrogen) atoms. The van der Waals surface area contributed by atoms with Gasteiger partial charge >= 0.3 is 5.69 Å². The van der Waals surface area contributed by atoms with Crippen molar-refractivity contribution in [3.63, 3.8) is 0 Å². The Morgan fingerprint density at radius 1 is 1.56 bits per heavy atom. The minimum Gasteiger partial charge on any atom is -0.474 e. The van der Waals surface area contributed by atoms with Crippen LogP contribution in [-0.4, -0.2) is 16.9 Å². The number of nitrogens with two attached hydrogens (primary N) is 1. The Kier molecular flexibility index (Phi) is 3.44. The number of benzene rings is 1. The molecule has 0 saturated carbocycles. The van der Waals surface area contributed by atoms with Crippen molar-refractivity contribution >= 4 is 11.6 Å². The Labute approximate surface area is 92.2 Å². The van der Waals surface area contributed by atoms with Crippen molar-refractivity contribution in [3.05, 3.63) is 33.9 Å². The summed E-state index contributed by atoms with van der Waals surface area (Å²) in [6, 6.07) is 4.65. The largest absolute Gasteiger partial charge is 0.474 e. The van der Waals surface area contributed by atoms with Gasteiger partial charge in [-0.2, -0.15) is 0 Å². The lowest BCUT2D eigenvalue weighted by atomic mass is 10.2. The van der Waals surface area contributed by atoms with Gasteiger partial charge in [0.1, 0.15) is 0 Å². The van der Waals surface area contributed by atoms with Crippen molar-refractivity contribution in [1.82, 2.24) is 0 Å². The fraction of sp³-hybridized carbons (Fsp3) is 0.300. The van der Waals surface area contributed by atoms with Gasteiger partial charge in [-0.1, -0.05) is 12.1 Å². The highest BCUT2D eigenvalue weighted by atomic mass is 16.6. The number of amides is 1. The zero-order valence-electron chi connectivity index (χ0n) is 8.97. The summed E-state index contributed by atoms with van der Waals surface area (Å²) in [5, 5.41) is 10.8. The van der Waals surface area contributed by atoms with Crippen LogP contribution in [0, 0.1) is 17.0 Å². The van der Waals surface area contributed by atoms with Crippen LogP contribution in [0.5, 0.6) is 5.75 Å². The molecule has 0 radical (unpaired) electrons. The maximum Gasteiger partial charge on any atom is 0.313 e.